The van der Waals surface area contributed by atoms with Crippen LogP contribution in [0.15, 0.2) is 0 Å². The molecule has 0 saturated carbocycles. The monoisotopic (exact) mass is 264 g/mol. The lowest BCUT2D eigenvalue weighted by atomic mass is 9.98. The van der Waals surface area contributed by atoms with Gasteiger partial charge in [-0.2, -0.15) is 0 Å². The van der Waals surface area contributed by atoms with Crippen LogP contribution in [0.3, 0.4) is 0 Å². The number of piperidine rings is 1. The minimum absolute atomic E-state index is 0.306. The van der Waals surface area contributed by atoms with E-state index in [9.17, 15) is 8.42 Å². The van der Waals surface area contributed by atoms with E-state index in [1.54, 1.807) is 6.92 Å². The highest BCUT2D eigenvalue weighted by Gasteiger charge is 2.31. The van der Waals surface area contributed by atoms with Gasteiger partial charge in [-0.05, 0) is 39.8 Å². The van der Waals surface area contributed by atoms with Crippen LogP contribution in [0.2, 0.25) is 0 Å². The summed E-state index contributed by atoms with van der Waals surface area (Å²) in [6.07, 6.45) is 1.82. The Morgan fingerprint density at radius 3 is 2.29 bits per heavy atom. The van der Waals surface area contributed by atoms with Crippen molar-refractivity contribution in [2.24, 2.45) is 5.92 Å². The molecule has 0 aromatic carbocycles. The Bertz CT molecular complexity index is 322. The average molecular weight is 264 g/mol. The van der Waals surface area contributed by atoms with E-state index in [4.69, 9.17) is 5.11 Å². The molecule has 1 fully saturated rings. The van der Waals surface area contributed by atoms with Gasteiger partial charge in [0, 0.05) is 19.6 Å². The van der Waals surface area contributed by atoms with Crippen molar-refractivity contribution in [2.45, 2.75) is 25.0 Å². The van der Waals surface area contributed by atoms with Crippen LogP contribution in [-0.4, -0.2) is 68.3 Å². The smallest absolute Gasteiger partial charge is 0.218 e. The molecule has 0 aliphatic carbocycles. The lowest BCUT2D eigenvalue weighted by molar-refractivity contribution is 0.220. The van der Waals surface area contributed by atoms with Gasteiger partial charge in [0.25, 0.3) is 0 Å². The normalized spacial score (nSPS) is 21.9. The van der Waals surface area contributed by atoms with E-state index in [2.05, 4.69) is 4.90 Å². The van der Waals surface area contributed by atoms with Crippen LogP contribution in [0.4, 0.5) is 0 Å². The number of hydrogen-bond acceptors (Lipinski definition) is 4. The number of nitrogens with zero attached hydrogens (tertiary/aromatic N) is 2. The molecule has 1 heterocycles. The van der Waals surface area contributed by atoms with Gasteiger partial charge in [-0.1, -0.05) is 0 Å². The van der Waals surface area contributed by atoms with Gasteiger partial charge in [0.05, 0.1) is 11.9 Å². The zero-order valence-electron chi connectivity index (χ0n) is 11.0. The van der Waals surface area contributed by atoms with Crippen LogP contribution in [0.1, 0.15) is 19.8 Å². The Labute approximate surface area is 104 Å². The molecule has 6 heteroatoms. The van der Waals surface area contributed by atoms with Crippen LogP contribution in [-0.2, 0) is 10.0 Å². The molecule has 1 atom stereocenters. The minimum atomic E-state index is -3.29. The molecule has 0 spiro atoms. The Hall–Kier alpha value is -0.170. The topological polar surface area (TPSA) is 60.9 Å². The molecule has 5 nitrogen and oxygen atoms in total. The molecule has 1 aliphatic rings. The maximum absolute atomic E-state index is 12.0. The molecule has 102 valence electrons. The first-order chi connectivity index (χ1) is 7.87. The molecule has 1 N–H and O–H groups in total. The molecule has 1 unspecified atom stereocenters. The van der Waals surface area contributed by atoms with Crippen molar-refractivity contribution in [3.8, 4) is 0 Å². The Kier molecular flexibility index (Phi) is 5.37. The largest absolute Gasteiger partial charge is 0.395 e. The minimum Gasteiger partial charge on any atom is -0.395 e. The van der Waals surface area contributed by atoms with Crippen LogP contribution in [0, 0.1) is 5.92 Å². The first kappa shape index (κ1) is 14.9. The van der Waals surface area contributed by atoms with Gasteiger partial charge in [0.15, 0.2) is 0 Å². The highest BCUT2D eigenvalue weighted by molar-refractivity contribution is 7.89. The van der Waals surface area contributed by atoms with Gasteiger partial charge in [-0.3, -0.25) is 0 Å². The Balaban J connectivity index is 2.52. The highest BCUT2D eigenvalue weighted by Crippen LogP contribution is 2.21. The summed E-state index contributed by atoms with van der Waals surface area (Å²) in [5.74, 6) is 0.584. The summed E-state index contributed by atoms with van der Waals surface area (Å²) in [7, 11) is 0.783. The maximum atomic E-state index is 12.0. The molecule has 0 aromatic rings. The Morgan fingerprint density at radius 1 is 1.35 bits per heavy atom. The third-order valence-corrected chi connectivity index (χ3v) is 5.57. The second-order valence-corrected chi connectivity index (χ2v) is 7.49. The van der Waals surface area contributed by atoms with E-state index in [0.717, 1.165) is 19.4 Å². The Morgan fingerprint density at radius 2 is 1.88 bits per heavy atom. The van der Waals surface area contributed by atoms with E-state index >= 15 is 0 Å². The van der Waals surface area contributed by atoms with Gasteiger partial charge in [0.2, 0.25) is 10.0 Å². The van der Waals surface area contributed by atoms with Crippen LogP contribution >= 0.6 is 0 Å². The molecule has 17 heavy (non-hydrogen) atoms. The molecular weight excluding hydrogens is 240 g/mol. The van der Waals surface area contributed by atoms with Crippen molar-refractivity contribution in [2.75, 3.05) is 40.3 Å². The molecular formula is C11H24N2O3S. The van der Waals surface area contributed by atoms with Crippen LogP contribution < -0.4 is 0 Å². The van der Waals surface area contributed by atoms with Gasteiger partial charge >= 0.3 is 0 Å². The van der Waals surface area contributed by atoms with Crippen LogP contribution in [0.5, 0.6) is 0 Å². The summed E-state index contributed by atoms with van der Waals surface area (Å²) in [4.78, 5) is 2.14. The van der Waals surface area contributed by atoms with Crippen molar-refractivity contribution < 1.29 is 13.5 Å². The van der Waals surface area contributed by atoms with Gasteiger partial charge in [0.1, 0.15) is 0 Å². The zero-order valence-corrected chi connectivity index (χ0v) is 11.8. The molecule has 0 radical (unpaired) electrons. The summed E-state index contributed by atoms with van der Waals surface area (Å²) in [5.41, 5.74) is 0. The summed E-state index contributed by atoms with van der Waals surface area (Å²) in [5, 5.41) is 8.27. The number of sulfonamides is 1. The summed E-state index contributed by atoms with van der Waals surface area (Å²) >= 11 is 0. The van der Waals surface area contributed by atoms with Crippen molar-refractivity contribution in [3.05, 3.63) is 0 Å². The second kappa shape index (κ2) is 6.13. The lowest BCUT2D eigenvalue weighted by Gasteiger charge is -2.33. The molecule has 0 bridgehead atoms. The quantitative estimate of drug-likeness (QED) is 0.757. The number of rotatable bonds is 5. The SMILES string of the molecule is CC(CO)S(=O)(=O)N1CCC(CN(C)C)CC1. The van der Waals surface area contributed by atoms with Crippen molar-refractivity contribution in [1.29, 1.82) is 0 Å². The van der Waals surface area contributed by atoms with Crippen molar-refractivity contribution in [3.63, 3.8) is 0 Å². The lowest BCUT2D eigenvalue weighted by Crippen LogP contribution is -2.44. The first-order valence-corrected chi connectivity index (χ1v) is 7.62. The van der Waals surface area contributed by atoms with E-state index in [1.807, 2.05) is 14.1 Å². The molecule has 1 aliphatic heterocycles. The first-order valence-electron chi connectivity index (χ1n) is 6.12. The standard InChI is InChI=1S/C11H24N2O3S/c1-10(9-14)17(15,16)13-6-4-11(5-7-13)8-12(2)3/h10-11,14H,4-9H2,1-3H3. The predicted molar refractivity (Wildman–Crippen MR) is 68.3 cm³/mol. The van der Waals surface area contributed by atoms with E-state index < -0.39 is 15.3 Å². The van der Waals surface area contributed by atoms with Crippen molar-refractivity contribution >= 4 is 10.0 Å². The van der Waals surface area contributed by atoms with Crippen LogP contribution in [0.25, 0.3) is 0 Å². The van der Waals surface area contributed by atoms with Gasteiger partial charge in [-0.25, -0.2) is 12.7 Å². The molecule has 1 rings (SSSR count). The number of aliphatic hydroxyl groups is 1. The fourth-order valence-corrected chi connectivity index (χ4v) is 3.63. The third kappa shape index (κ3) is 3.91. The summed E-state index contributed by atoms with van der Waals surface area (Å²) in [6, 6.07) is 0. The van der Waals surface area contributed by atoms with E-state index in [0.29, 0.717) is 19.0 Å². The fourth-order valence-electron chi connectivity index (χ4n) is 2.21. The summed E-state index contributed by atoms with van der Waals surface area (Å²) < 4.78 is 25.5. The van der Waals surface area contributed by atoms with Gasteiger partial charge < -0.3 is 10.0 Å². The van der Waals surface area contributed by atoms with Gasteiger partial charge in [-0.15, -0.1) is 0 Å². The molecule has 0 amide bonds. The second-order valence-electron chi connectivity index (χ2n) is 5.14. The summed E-state index contributed by atoms with van der Waals surface area (Å²) in [6.45, 7) is 3.45. The molecule has 1 saturated heterocycles. The fraction of sp³-hybridized carbons (Fsp3) is 1.00. The average Bonchev–Trinajstić information content (AvgIpc) is 2.27. The van der Waals surface area contributed by atoms with E-state index in [-0.39, 0.29) is 6.61 Å². The maximum Gasteiger partial charge on any atom is 0.218 e. The molecule has 0 aromatic heterocycles. The third-order valence-electron chi connectivity index (χ3n) is 3.32. The highest BCUT2D eigenvalue weighted by atomic mass is 32.2. The number of hydrogen-bond donors (Lipinski definition) is 1. The number of aliphatic hydroxyl groups excluding tert-OH is 1. The zero-order chi connectivity index (χ0) is 13.1. The predicted octanol–water partition coefficient (Wildman–Crippen LogP) is -0.0294. The van der Waals surface area contributed by atoms with E-state index in [1.165, 1.54) is 4.31 Å². The van der Waals surface area contributed by atoms with Crippen molar-refractivity contribution in [1.82, 2.24) is 9.21 Å².